The molecule has 0 aromatic carbocycles. The molecule has 0 saturated carbocycles. The van der Waals surface area contributed by atoms with Crippen LogP contribution < -0.4 is 0 Å². The van der Waals surface area contributed by atoms with Gasteiger partial charge in [-0.1, -0.05) is 20.8 Å². The van der Waals surface area contributed by atoms with Gasteiger partial charge in [-0.3, -0.25) is 9.78 Å². The molecule has 0 saturated heterocycles. The zero-order chi connectivity index (χ0) is 11.9. The highest BCUT2D eigenvalue weighted by atomic mass is 16.2. The van der Waals surface area contributed by atoms with E-state index in [0.29, 0.717) is 12.1 Å². The molecule has 0 bridgehead atoms. The van der Waals surface area contributed by atoms with Gasteiger partial charge >= 0.3 is 0 Å². The molecule has 2 radical (unpaired) electrons. The second kappa shape index (κ2) is 3.61. The van der Waals surface area contributed by atoms with Gasteiger partial charge in [0, 0.05) is 19.2 Å². The number of rotatable bonds is 0. The quantitative estimate of drug-likeness (QED) is 0.612. The lowest BCUT2D eigenvalue weighted by molar-refractivity contribution is 0.0849. The highest BCUT2D eigenvalue weighted by Gasteiger charge is 2.24. The minimum absolute atomic E-state index is 0.000808. The van der Waals surface area contributed by atoms with Gasteiger partial charge < -0.3 is 4.81 Å². The van der Waals surface area contributed by atoms with Crippen molar-refractivity contribution in [1.82, 2.24) is 9.79 Å². The largest absolute Gasteiger partial charge is 0.392 e. The number of aromatic nitrogens is 1. The van der Waals surface area contributed by atoms with Crippen LogP contribution in [0.4, 0.5) is 0 Å². The van der Waals surface area contributed by atoms with Crippen LogP contribution in [-0.2, 0) is 11.8 Å². The molecule has 1 aromatic heterocycles. The van der Waals surface area contributed by atoms with Crippen molar-refractivity contribution in [2.24, 2.45) is 0 Å². The Morgan fingerprint density at radius 1 is 1.44 bits per heavy atom. The summed E-state index contributed by atoms with van der Waals surface area (Å²) in [5.41, 5.74) is 2.58. The van der Waals surface area contributed by atoms with E-state index in [2.05, 4.69) is 25.8 Å². The third-order valence-corrected chi connectivity index (χ3v) is 2.92. The van der Waals surface area contributed by atoms with Crippen molar-refractivity contribution in [3.8, 4) is 0 Å². The van der Waals surface area contributed by atoms with Crippen LogP contribution in [0.15, 0.2) is 12.3 Å². The predicted octanol–water partition coefficient (Wildman–Crippen LogP) is 1.46. The molecule has 82 valence electrons. The highest BCUT2D eigenvalue weighted by Crippen LogP contribution is 2.25. The zero-order valence-corrected chi connectivity index (χ0v) is 9.95. The van der Waals surface area contributed by atoms with Crippen molar-refractivity contribution in [3.05, 3.63) is 29.1 Å². The summed E-state index contributed by atoms with van der Waals surface area (Å²) in [6.07, 6.45) is 2.60. The number of nitrogens with zero attached hydrogens (tertiary/aromatic N) is 2. The van der Waals surface area contributed by atoms with E-state index in [-0.39, 0.29) is 11.3 Å². The fraction of sp³-hybridized carbons (Fsp3) is 0.500. The molecule has 1 aromatic rings. The van der Waals surface area contributed by atoms with Crippen LogP contribution in [0.25, 0.3) is 0 Å². The number of fused-ring (bicyclic) bond motifs is 1. The van der Waals surface area contributed by atoms with Crippen molar-refractivity contribution < 1.29 is 4.79 Å². The molecule has 0 aliphatic carbocycles. The second-order valence-corrected chi connectivity index (χ2v) is 5.22. The number of carbonyl (C=O) groups excluding carboxylic acids is 1. The zero-order valence-electron chi connectivity index (χ0n) is 9.95. The van der Waals surface area contributed by atoms with Gasteiger partial charge in [-0.15, -0.1) is 0 Å². The lowest BCUT2D eigenvalue weighted by atomic mass is 9.86. The smallest absolute Gasteiger partial charge is 0.242 e. The Morgan fingerprint density at radius 3 is 2.75 bits per heavy atom. The van der Waals surface area contributed by atoms with Gasteiger partial charge in [-0.25, -0.2) is 0 Å². The molecule has 16 heavy (non-hydrogen) atoms. The van der Waals surface area contributed by atoms with E-state index in [0.717, 1.165) is 17.7 Å². The maximum atomic E-state index is 11.9. The first-order chi connectivity index (χ1) is 7.39. The summed E-state index contributed by atoms with van der Waals surface area (Å²) in [4.78, 5) is 17.5. The first-order valence-electron chi connectivity index (χ1n) is 5.45. The Hall–Kier alpha value is -1.32. The van der Waals surface area contributed by atoms with Gasteiger partial charge in [0.2, 0.25) is 13.9 Å². The van der Waals surface area contributed by atoms with E-state index in [1.807, 2.05) is 12.3 Å². The highest BCUT2D eigenvalue weighted by molar-refractivity contribution is 6.18. The Kier molecular flexibility index (Phi) is 2.52. The molecule has 0 atom stereocenters. The SMILES string of the molecule is [B]N1CCc2ncc(C(C)(C)C)cc2C1=O. The first-order valence-corrected chi connectivity index (χ1v) is 5.45. The van der Waals surface area contributed by atoms with Crippen LogP contribution in [0.3, 0.4) is 0 Å². The summed E-state index contributed by atoms with van der Waals surface area (Å²) in [5.74, 6) is -0.125. The van der Waals surface area contributed by atoms with Gasteiger partial charge in [-0.2, -0.15) is 0 Å². The third kappa shape index (κ3) is 1.84. The fourth-order valence-corrected chi connectivity index (χ4v) is 1.77. The lowest BCUT2D eigenvalue weighted by Gasteiger charge is -2.27. The number of hydrogen-bond donors (Lipinski definition) is 0. The average molecular weight is 214 g/mol. The summed E-state index contributed by atoms with van der Waals surface area (Å²) in [7, 11) is 5.61. The standard InChI is InChI=1S/C12H15BN2O/c1-12(2,3)8-6-9-10(14-7-8)4-5-15(13)11(9)16/h6-7H,4-5H2,1-3H3. The summed E-state index contributed by atoms with van der Waals surface area (Å²) in [6.45, 7) is 6.85. The Bertz CT molecular complexity index is 437. The topological polar surface area (TPSA) is 33.2 Å². The number of amides is 1. The van der Waals surface area contributed by atoms with Gasteiger partial charge in [0.25, 0.3) is 0 Å². The van der Waals surface area contributed by atoms with Crippen molar-refractivity contribution in [2.75, 3.05) is 6.54 Å². The van der Waals surface area contributed by atoms with Crippen LogP contribution in [0.1, 0.15) is 42.4 Å². The van der Waals surface area contributed by atoms with Crippen LogP contribution in [0.2, 0.25) is 0 Å². The monoisotopic (exact) mass is 214 g/mol. The van der Waals surface area contributed by atoms with Gasteiger partial charge in [0.1, 0.15) is 0 Å². The second-order valence-electron chi connectivity index (χ2n) is 5.22. The molecule has 0 fully saturated rings. The number of pyridine rings is 1. The molecule has 0 spiro atoms. The van der Waals surface area contributed by atoms with Crippen molar-refractivity contribution >= 4 is 13.9 Å². The molecule has 3 nitrogen and oxygen atoms in total. The van der Waals surface area contributed by atoms with Crippen molar-refractivity contribution in [3.63, 3.8) is 0 Å². The molecule has 0 unspecified atom stereocenters. The van der Waals surface area contributed by atoms with E-state index >= 15 is 0 Å². The normalized spacial score (nSPS) is 16.2. The molecule has 4 heteroatoms. The Balaban J connectivity index is 2.49. The van der Waals surface area contributed by atoms with Crippen LogP contribution in [-0.4, -0.2) is 30.2 Å². The molecule has 2 heterocycles. The maximum Gasteiger partial charge on any atom is 0.242 e. The summed E-state index contributed by atoms with van der Waals surface area (Å²) in [6, 6.07) is 1.92. The molecule has 2 rings (SSSR count). The van der Waals surface area contributed by atoms with Gasteiger partial charge in [-0.05, 0) is 17.0 Å². The van der Waals surface area contributed by atoms with E-state index in [1.54, 1.807) is 0 Å². The summed E-state index contributed by atoms with van der Waals surface area (Å²) in [5, 5.41) is 0. The van der Waals surface area contributed by atoms with Crippen LogP contribution in [0.5, 0.6) is 0 Å². The molecule has 1 aliphatic heterocycles. The number of hydrogen-bond acceptors (Lipinski definition) is 2. The third-order valence-electron chi connectivity index (χ3n) is 2.92. The van der Waals surface area contributed by atoms with E-state index in [4.69, 9.17) is 7.98 Å². The van der Waals surface area contributed by atoms with Crippen LogP contribution in [0, 0.1) is 0 Å². The van der Waals surface area contributed by atoms with E-state index in [1.165, 1.54) is 4.81 Å². The van der Waals surface area contributed by atoms with Crippen molar-refractivity contribution in [2.45, 2.75) is 32.6 Å². The molecule has 1 aliphatic rings. The van der Waals surface area contributed by atoms with Gasteiger partial charge in [0.15, 0.2) is 0 Å². The lowest BCUT2D eigenvalue weighted by Crippen LogP contribution is -2.36. The van der Waals surface area contributed by atoms with E-state index < -0.39 is 0 Å². The average Bonchev–Trinajstić information content (AvgIpc) is 2.22. The molecular formula is C12H15BN2O. The van der Waals surface area contributed by atoms with Gasteiger partial charge in [0.05, 0.1) is 11.3 Å². The van der Waals surface area contributed by atoms with E-state index in [9.17, 15) is 4.79 Å². The van der Waals surface area contributed by atoms with Crippen molar-refractivity contribution in [1.29, 1.82) is 0 Å². The molecule has 1 amide bonds. The molecular weight excluding hydrogens is 199 g/mol. The summed E-state index contributed by atoms with van der Waals surface area (Å²) >= 11 is 0. The minimum Gasteiger partial charge on any atom is -0.392 e. The summed E-state index contributed by atoms with van der Waals surface area (Å²) < 4.78 is 0. The minimum atomic E-state index is -0.125. The number of carbonyl (C=O) groups is 1. The Morgan fingerprint density at radius 2 is 2.12 bits per heavy atom. The molecule has 0 N–H and O–H groups in total. The Labute approximate surface area is 97.3 Å². The maximum absolute atomic E-state index is 11.9. The van der Waals surface area contributed by atoms with Crippen LogP contribution >= 0.6 is 0 Å². The predicted molar refractivity (Wildman–Crippen MR) is 63.4 cm³/mol. The fourth-order valence-electron chi connectivity index (χ4n) is 1.77. The first kappa shape index (κ1) is 11.2.